The van der Waals surface area contributed by atoms with Gasteiger partial charge in [0.1, 0.15) is 0 Å². The topological polar surface area (TPSA) is 35.2 Å². The Morgan fingerprint density at radius 3 is 2.56 bits per heavy atom. The molecule has 2 nitrogen and oxygen atoms in total. The number of thioether (sulfide) groups is 1. The molecule has 1 spiro atoms. The third-order valence-corrected chi connectivity index (χ3v) is 6.44. The van der Waals surface area contributed by atoms with Gasteiger partial charge in [0.15, 0.2) is 0 Å². The quantitative estimate of drug-likeness (QED) is 0.855. The Balaban J connectivity index is 1.61. The van der Waals surface area contributed by atoms with Gasteiger partial charge in [0.05, 0.1) is 5.60 Å². The zero-order valence-corrected chi connectivity index (χ0v) is 12.4. The van der Waals surface area contributed by atoms with Crippen molar-refractivity contribution in [3.05, 3.63) is 0 Å². The van der Waals surface area contributed by atoms with Crippen LogP contribution >= 0.6 is 11.8 Å². The van der Waals surface area contributed by atoms with Crippen LogP contribution in [-0.2, 0) is 4.74 Å². The van der Waals surface area contributed by atoms with Gasteiger partial charge in [-0.05, 0) is 67.8 Å². The van der Waals surface area contributed by atoms with E-state index in [0.717, 1.165) is 18.4 Å². The number of nitrogens with two attached hydrogens (primary N) is 1. The van der Waals surface area contributed by atoms with Gasteiger partial charge in [0.25, 0.3) is 0 Å². The van der Waals surface area contributed by atoms with Crippen LogP contribution in [0.15, 0.2) is 0 Å². The summed E-state index contributed by atoms with van der Waals surface area (Å²) in [5.74, 6) is 4.92. The van der Waals surface area contributed by atoms with Crippen molar-refractivity contribution in [2.75, 3.05) is 18.1 Å². The molecule has 1 aliphatic carbocycles. The molecule has 104 valence electrons. The predicted octanol–water partition coefficient (Wildman–Crippen LogP) is 3.05. The highest BCUT2D eigenvalue weighted by atomic mass is 32.2. The van der Waals surface area contributed by atoms with Crippen LogP contribution in [0.2, 0.25) is 0 Å². The highest BCUT2D eigenvalue weighted by molar-refractivity contribution is 7.99. The minimum Gasteiger partial charge on any atom is -0.375 e. The Morgan fingerprint density at radius 2 is 1.89 bits per heavy atom. The lowest BCUT2D eigenvalue weighted by Crippen LogP contribution is -2.49. The van der Waals surface area contributed by atoms with Crippen molar-refractivity contribution in [1.82, 2.24) is 0 Å². The summed E-state index contributed by atoms with van der Waals surface area (Å²) in [4.78, 5) is 0. The molecule has 3 heteroatoms. The summed E-state index contributed by atoms with van der Waals surface area (Å²) in [6.45, 7) is 3.32. The lowest BCUT2D eigenvalue weighted by Gasteiger charge is -2.45. The molecule has 3 aliphatic rings. The molecule has 0 bridgehead atoms. The van der Waals surface area contributed by atoms with E-state index >= 15 is 0 Å². The smallest absolute Gasteiger partial charge is 0.0701 e. The van der Waals surface area contributed by atoms with Crippen LogP contribution in [0.3, 0.4) is 0 Å². The maximum Gasteiger partial charge on any atom is 0.0701 e. The van der Waals surface area contributed by atoms with Crippen LogP contribution in [0.4, 0.5) is 0 Å². The van der Waals surface area contributed by atoms with Gasteiger partial charge in [-0.3, -0.25) is 0 Å². The molecule has 0 aromatic heterocycles. The molecule has 3 fully saturated rings. The molecule has 0 aromatic rings. The zero-order valence-electron chi connectivity index (χ0n) is 11.6. The largest absolute Gasteiger partial charge is 0.375 e. The molecule has 2 aliphatic heterocycles. The summed E-state index contributed by atoms with van der Waals surface area (Å²) in [5, 5.41) is 0. The monoisotopic (exact) mass is 269 g/mol. The first-order valence-electron chi connectivity index (χ1n) is 7.67. The van der Waals surface area contributed by atoms with E-state index in [1.54, 1.807) is 0 Å². The maximum absolute atomic E-state index is 6.56. The zero-order chi connectivity index (χ0) is 12.6. The van der Waals surface area contributed by atoms with Crippen molar-refractivity contribution in [1.29, 1.82) is 0 Å². The molecule has 2 N–H and O–H groups in total. The van der Waals surface area contributed by atoms with E-state index in [1.807, 2.05) is 0 Å². The van der Waals surface area contributed by atoms with Crippen LogP contribution < -0.4 is 5.73 Å². The van der Waals surface area contributed by atoms with Gasteiger partial charge < -0.3 is 10.5 Å². The molecule has 1 saturated carbocycles. The average Bonchev–Trinajstić information content (AvgIpc) is 3.22. The van der Waals surface area contributed by atoms with Crippen molar-refractivity contribution in [3.63, 3.8) is 0 Å². The molecule has 18 heavy (non-hydrogen) atoms. The average molecular weight is 269 g/mol. The van der Waals surface area contributed by atoms with Gasteiger partial charge in [-0.1, -0.05) is 6.92 Å². The van der Waals surface area contributed by atoms with Gasteiger partial charge in [0, 0.05) is 12.6 Å². The first kappa shape index (κ1) is 13.3. The van der Waals surface area contributed by atoms with E-state index in [1.165, 1.54) is 50.0 Å². The van der Waals surface area contributed by atoms with Gasteiger partial charge in [0.2, 0.25) is 0 Å². The van der Waals surface area contributed by atoms with E-state index in [0.29, 0.717) is 12.0 Å². The Bertz CT molecular complexity index is 281. The van der Waals surface area contributed by atoms with Crippen LogP contribution in [-0.4, -0.2) is 29.8 Å². The Hall–Kier alpha value is 0.270. The molecule has 3 unspecified atom stereocenters. The molecule has 3 atom stereocenters. The summed E-state index contributed by atoms with van der Waals surface area (Å²) < 4.78 is 6.17. The molecule has 0 radical (unpaired) electrons. The minimum atomic E-state index is 0.203. The van der Waals surface area contributed by atoms with Gasteiger partial charge in [-0.15, -0.1) is 0 Å². The minimum absolute atomic E-state index is 0.203. The maximum atomic E-state index is 6.56. The number of hydrogen-bond donors (Lipinski definition) is 1. The van der Waals surface area contributed by atoms with E-state index in [4.69, 9.17) is 10.5 Å². The lowest BCUT2D eigenvalue weighted by atomic mass is 9.75. The first-order valence-corrected chi connectivity index (χ1v) is 8.83. The van der Waals surface area contributed by atoms with Crippen molar-refractivity contribution in [2.45, 2.75) is 57.1 Å². The fraction of sp³-hybridized carbons (Fsp3) is 1.00. The Kier molecular flexibility index (Phi) is 3.93. The summed E-state index contributed by atoms with van der Waals surface area (Å²) in [7, 11) is 0. The molecular weight excluding hydrogens is 242 g/mol. The fourth-order valence-electron chi connectivity index (χ4n) is 3.85. The van der Waals surface area contributed by atoms with Crippen molar-refractivity contribution >= 4 is 11.8 Å². The van der Waals surface area contributed by atoms with Crippen LogP contribution in [0.25, 0.3) is 0 Å². The predicted molar refractivity (Wildman–Crippen MR) is 77.8 cm³/mol. The van der Waals surface area contributed by atoms with E-state index < -0.39 is 0 Å². The molecule has 2 heterocycles. The summed E-state index contributed by atoms with van der Waals surface area (Å²) >= 11 is 2.08. The SMILES string of the molecule is CC(C1CC1)C(N)C1CCOC2(CCSCC2)C1. The second-order valence-corrected chi connectivity index (χ2v) is 7.90. The van der Waals surface area contributed by atoms with E-state index in [9.17, 15) is 0 Å². The standard InChI is InChI=1S/C15H27NOS/c1-11(12-2-3-12)14(16)13-4-7-17-15(10-13)5-8-18-9-6-15/h11-14H,2-10,16H2,1H3. The Morgan fingerprint density at radius 1 is 1.17 bits per heavy atom. The van der Waals surface area contributed by atoms with Gasteiger partial charge >= 0.3 is 0 Å². The summed E-state index contributed by atoms with van der Waals surface area (Å²) in [6.07, 6.45) is 7.75. The van der Waals surface area contributed by atoms with Crippen LogP contribution in [0.5, 0.6) is 0 Å². The van der Waals surface area contributed by atoms with E-state index in [2.05, 4.69) is 18.7 Å². The highest BCUT2D eigenvalue weighted by Crippen LogP contribution is 2.44. The third-order valence-electron chi connectivity index (χ3n) is 5.45. The normalized spacial score (nSPS) is 35.3. The highest BCUT2D eigenvalue weighted by Gasteiger charge is 2.43. The van der Waals surface area contributed by atoms with Crippen molar-refractivity contribution in [2.24, 2.45) is 23.5 Å². The second kappa shape index (κ2) is 5.34. The number of rotatable bonds is 3. The van der Waals surface area contributed by atoms with Crippen LogP contribution in [0.1, 0.15) is 45.4 Å². The molecule has 2 saturated heterocycles. The number of hydrogen-bond acceptors (Lipinski definition) is 3. The van der Waals surface area contributed by atoms with Gasteiger partial charge in [-0.2, -0.15) is 11.8 Å². The summed E-state index contributed by atoms with van der Waals surface area (Å²) in [5.41, 5.74) is 6.77. The fourth-order valence-corrected chi connectivity index (χ4v) is 5.09. The van der Waals surface area contributed by atoms with Crippen molar-refractivity contribution in [3.8, 4) is 0 Å². The van der Waals surface area contributed by atoms with Gasteiger partial charge in [-0.25, -0.2) is 0 Å². The molecule has 0 amide bonds. The summed E-state index contributed by atoms with van der Waals surface area (Å²) in [6, 6.07) is 0.410. The first-order chi connectivity index (χ1) is 8.70. The van der Waals surface area contributed by atoms with Crippen LogP contribution in [0, 0.1) is 17.8 Å². The molecule has 0 aromatic carbocycles. The second-order valence-electron chi connectivity index (χ2n) is 6.67. The van der Waals surface area contributed by atoms with Crippen molar-refractivity contribution < 1.29 is 4.74 Å². The van der Waals surface area contributed by atoms with E-state index in [-0.39, 0.29) is 5.60 Å². The third kappa shape index (κ3) is 2.73. The Labute approximate surface area is 115 Å². The molecular formula is C15H27NOS. The molecule has 3 rings (SSSR count). The lowest BCUT2D eigenvalue weighted by molar-refractivity contribution is -0.108. The number of ether oxygens (including phenoxy) is 1.